The maximum absolute atomic E-state index is 10.5. The van der Waals surface area contributed by atoms with Gasteiger partial charge in [0, 0.05) is 43.3 Å². The number of aromatic nitrogens is 3. The molecule has 1 fully saturated rings. The molecule has 0 saturated carbocycles. The van der Waals surface area contributed by atoms with Crippen LogP contribution in [-0.2, 0) is 11.3 Å². The maximum atomic E-state index is 10.5. The second-order valence-corrected chi connectivity index (χ2v) is 6.71. The molecule has 2 aromatic heterocycles. The van der Waals surface area contributed by atoms with Crippen LogP contribution < -0.4 is 14.9 Å². The van der Waals surface area contributed by atoms with E-state index in [-0.39, 0.29) is 0 Å². The van der Waals surface area contributed by atoms with Gasteiger partial charge in [0.25, 0.3) is 0 Å². The average Bonchev–Trinajstić information content (AvgIpc) is 2.63. The third kappa shape index (κ3) is 5.45. The summed E-state index contributed by atoms with van der Waals surface area (Å²) in [6.45, 7) is 2.33. The van der Waals surface area contributed by atoms with Gasteiger partial charge < -0.3 is 14.8 Å². The predicted molar refractivity (Wildman–Crippen MR) is 96.0 cm³/mol. The Kier molecular flexibility index (Phi) is 6.26. The molecule has 0 aliphatic carbocycles. The minimum absolute atomic E-state index is 0.507. The SMILES string of the molecule is O=S([O-])NCCC1CCN(c2ccnc(Nc3cccnc3)n2)CC1. The van der Waals surface area contributed by atoms with Crippen LogP contribution in [0.2, 0.25) is 0 Å². The Morgan fingerprint density at radius 3 is 2.84 bits per heavy atom. The number of piperidine rings is 1. The first-order valence-electron chi connectivity index (χ1n) is 8.28. The Morgan fingerprint density at radius 1 is 1.28 bits per heavy atom. The van der Waals surface area contributed by atoms with E-state index in [4.69, 9.17) is 0 Å². The molecule has 3 heterocycles. The summed E-state index contributed by atoms with van der Waals surface area (Å²) in [7, 11) is 0. The van der Waals surface area contributed by atoms with Crippen molar-refractivity contribution in [3.8, 4) is 0 Å². The van der Waals surface area contributed by atoms with Gasteiger partial charge >= 0.3 is 0 Å². The maximum Gasteiger partial charge on any atom is 0.229 e. The first-order valence-corrected chi connectivity index (χ1v) is 9.36. The topological polar surface area (TPSA) is 106 Å². The normalized spacial score (nSPS) is 16.6. The van der Waals surface area contributed by atoms with Gasteiger partial charge in [0.2, 0.25) is 5.95 Å². The Balaban J connectivity index is 1.53. The van der Waals surface area contributed by atoms with E-state index in [1.54, 1.807) is 18.6 Å². The lowest BCUT2D eigenvalue weighted by atomic mass is 9.94. The molecule has 1 saturated heterocycles. The molecule has 0 spiro atoms. The molecule has 25 heavy (non-hydrogen) atoms. The number of pyridine rings is 1. The minimum Gasteiger partial charge on any atom is -0.760 e. The molecule has 2 aromatic rings. The van der Waals surface area contributed by atoms with Crippen LogP contribution in [0.4, 0.5) is 17.5 Å². The highest BCUT2D eigenvalue weighted by molar-refractivity contribution is 7.77. The quantitative estimate of drug-likeness (QED) is 0.722. The van der Waals surface area contributed by atoms with Crippen molar-refractivity contribution in [2.45, 2.75) is 19.3 Å². The van der Waals surface area contributed by atoms with Crippen molar-refractivity contribution >= 4 is 28.7 Å². The van der Waals surface area contributed by atoms with E-state index < -0.39 is 11.3 Å². The summed E-state index contributed by atoms with van der Waals surface area (Å²) < 4.78 is 23.4. The molecule has 3 rings (SSSR count). The van der Waals surface area contributed by atoms with Crippen LogP contribution in [0, 0.1) is 5.92 Å². The molecular weight excluding hydrogens is 340 g/mol. The molecule has 134 valence electrons. The molecule has 0 amide bonds. The highest BCUT2D eigenvalue weighted by Gasteiger charge is 2.20. The van der Waals surface area contributed by atoms with Crippen molar-refractivity contribution in [1.29, 1.82) is 0 Å². The minimum atomic E-state index is -2.17. The van der Waals surface area contributed by atoms with Crippen molar-refractivity contribution in [3.05, 3.63) is 36.8 Å². The van der Waals surface area contributed by atoms with Crippen molar-refractivity contribution in [3.63, 3.8) is 0 Å². The van der Waals surface area contributed by atoms with Gasteiger partial charge in [-0.15, -0.1) is 0 Å². The number of nitrogens with zero attached hydrogens (tertiary/aromatic N) is 4. The van der Waals surface area contributed by atoms with Gasteiger partial charge in [0.05, 0.1) is 11.9 Å². The summed E-state index contributed by atoms with van der Waals surface area (Å²) in [6, 6.07) is 5.68. The summed E-state index contributed by atoms with van der Waals surface area (Å²) in [6.07, 6.45) is 8.13. The summed E-state index contributed by atoms with van der Waals surface area (Å²) >= 11 is -2.17. The first kappa shape index (κ1) is 17.7. The molecule has 9 heteroatoms. The van der Waals surface area contributed by atoms with Gasteiger partial charge in [0.15, 0.2) is 0 Å². The number of anilines is 3. The van der Waals surface area contributed by atoms with Crippen LogP contribution in [0.3, 0.4) is 0 Å². The smallest absolute Gasteiger partial charge is 0.229 e. The fourth-order valence-electron chi connectivity index (χ4n) is 2.95. The molecule has 0 bridgehead atoms. The Bertz CT molecular complexity index is 694. The molecular formula is C16H21N6O2S-. The highest BCUT2D eigenvalue weighted by atomic mass is 32.2. The Labute approximate surface area is 149 Å². The van der Waals surface area contributed by atoms with Crippen LogP contribution in [-0.4, -0.2) is 43.3 Å². The number of rotatable bonds is 7. The summed E-state index contributed by atoms with van der Waals surface area (Å²) in [5.41, 5.74) is 0.849. The van der Waals surface area contributed by atoms with Crippen LogP contribution in [0.1, 0.15) is 19.3 Å². The average molecular weight is 361 g/mol. The number of hydrogen-bond acceptors (Lipinski definition) is 7. The molecule has 0 aromatic carbocycles. The third-order valence-electron chi connectivity index (χ3n) is 4.27. The Hall–Kier alpha value is -2.10. The van der Waals surface area contributed by atoms with Crippen molar-refractivity contribution in [2.75, 3.05) is 29.9 Å². The summed E-state index contributed by atoms with van der Waals surface area (Å²) in [5, 5.41) is 3.15. The van der Waals surface area contributed by atoms with E-state index in [0.717, 1.165) is 43.9 Å². The highest BCUT2D eigenvalue weighted by Crippen LogP contribution is 2.24. The fourth-order valence-corrected chi connectivity index (χ4v) is 3.23. The van der Waals surface area contributed by atoms with Crippen molar-refractivity contribution < 1.29 is 8.76 Å². The van der Waals surface area contributed by atoms with Gasteiger partial charge in [0.1, 0.15) is 5.82 Å². The summed E-state index contributed by atoms with van der Waals surface area (Å²) in [4.78, 5) is 15.1. The van der Waals surface area contributed by atoms with Crippen LogP contribution >= 0.6 is 0 Å². The van der Waals surface area contributed by atoms with E-state index in [9.17, 15) is 8.76 Å². The van der Waals surface area contributed by atoms with E-state index in [1.807, 2.05) is 18.2 Å². The standard InChI is InChI=1S/C16H22N6O2S/c23-25(24)19-9-3-13-5-10-22(11-6-13)15-4-8-18-16(21-15)20-14-2-1-7-17-12-14/h1-2,4,7-8,12-13,19H,3,5-6,9-11H2,(H,23,24)(H,18,20,21)/p-1. The fraction of sp³-hybridized carbons (Fsp3) is 0.438. The molecule has 1 aliphatic rings. The zero-order valence-electron chi connectivity index (χ0n) is 13.8. The zero-order valence-corrected chi connectivity index (χ0v) is 14.6. The van der Waals surface area contributed by atoms with Gasteiger partial charge in [-0.25, -0.2) is 9.71 Å². The molecule has 8 nitrogen and oxygen atoms in total. The molecule has 1 unspecified atom stereocenters. The summed E-state index contributed by atoms with van der Waals surface area (Å²) in [5.74, 6) is 2.00. The van der Waals surface area contributed by atoms with Gasteiger partial charge in [-0.2, -0.15) is 4.98 Å². The lowest BCUT2D eigenvalue weighted by molar-refractivity contribution is 0.379. The second-order valence-electron chi connectivity index (χ2n) is 5.95. The van der Waals surface area contributed by atoms with E-state index in [2.05, 4.69) is 29.9 Å². The second kappa shape index (κ2) is 8.84. The third-order valence-corrected chi connectivity index (χ3v) is 4.71. The van der Waals surface area contributed by atoms with Gasteiger partial charge in [-0.1, -0.05) is 0 Å². The zero-order chi connectivity index (χ0) is 17.5. The lowest BCUT2D eigenvalue weighted by Gasteiger charge is -2.33. The van der Waals surface area contributed by atoms with Crippen LogP contribution in [0.25, 0.3) is 0 Å². The van der Waals surface area contributed by atoms with Crippen molar-refractivity contribution in [1.82, 2.24) is 19.7 Å². The lowest BCUT2D eigenvalue weighted by Crippen LogP contribution is -2.35. The van der Waals surface area contributed by atoms with Gasteiger partial charge in [-0.3, -0.25) is 9.19 Å². The number of nitrogens with one attached hydrogen (secondary N) is 2. The van der Waals surface area contributed by atoms with Crippen LogP contribution in [0.5, 0.6) is 0 Å². The molecule has 1 aliphatic heterocycles. The predicted octanol–water partition coefficient (Wildman–Crippen LogP) is 1.61. The monoisotopic (exact) mass is 361 g/mol. The number of hydrogen-bond donors (Lipinski definition) is 2. The van der Waals surface area contributed by atoms with E-state index in [1.165, 1.54) is 0 Å². The molecule has 2 N–H and O–H groups in total. The largest absolute Gasteiger partial charge is 0.760 e. The molecule has 0 radical (unpaired) electrons. The van der Waals surface area contributed by atoms with Crippen molar-refractivity contribution in [2.24, 2.45) is 5.92 Å². The van der Waals surface area contributed by atoms with E-state index in [0.29, 0.717) is 18.4 Å². The van der Waals surface area contributed by atoms with E-state index >= 15 is 0 Å². The molecule has 1 atom stereocenters. The first-order chi connectivity index (χ1) is 12.2. The van der Waals surface area contributed by atoms with Crippen LogP contribution in [0.15, 0.2) is 36.8 Å². The van der Waals surface area contributed by atoms with Gasteiger partial charge in [-0.05, 0) is 43.4 Å². The Morgan fingerprint density at radius 2 is 2.12 bits per heavy atom.